The van der Waals surface area contributed by atoms with Crippen molar-refractivity contribution in [3.8, 4) is 11.5 Å². The van der Waals surface area contributed by atoms with Crippen LogP contribution in [0.2, 0.25) is 0 Å². The Morgan fingerprint density at radius 1 is 1.00 bits per heavy atom. The third-order valence-corrected chi connectivity index (χ3v) is 7.33. The summed E-state index contributed by atoms with van der Waals surface area (Å²) in [6.45, 7) is -0.200. The number of hydrogen-bond donors (Lipinski definition) is 4. The Kier molecular flexibility index (Phi) is 9.66. The molecule has 0 heterocycles. The second-order valence-corrected chi connectivity index (χ2v) is 11.0. The van der Waals surface area contributed by atoms with Crippen LogP contribution < -0.4 is 14.2 Å². The molecule has 0 saturated carbocycles. The molecule has 0 aliphatic rings. The summed E-state index contributed by atoms with van der Waals surface area (Å²) < 4.78 is 53.7. The van der Waals surface area contributed by atoms with Gasteiger partial charge < -0.3 is 24.4 Å². The number of benzene rings is 3. The summed E-state index contributed by atoms with van der Waals surface area (Å²) in [5, 5.41) is 10.3. The highest BCUT2D eigenvalue weighted by molar-refractivity contribution is 7.89. The van der Waals surface area contributed by atoms with Crippen molar-refractivity contribution >= 4 is 34.6 Å². The summed E-state index contributed by atoms with van der Waals surface area (Å²) >= 11 is 0. The van der Waals surface area contributed by atoms with Gasteiger partial charge in [0.25, 0.3) is 0 Å². The lowest BCUT2D eigenvalue weighted by atomic mass is 9.97. The number of carboxylic acid groups (broad SMARTS) is 1. The molecular weight excluding hydrogens is 525 g/mol. The molecule has 0 bridgehead atoms. The van der Waals surface area contributed by atoms with Crippen LogP contribution in [-0.4, -0.2) is 56.1 Å². The third-order valence-electron chi connectivity index (χ3n) is 5.33. The summed E-state index contributed by atoms with van der Waals surface area (Å²) in [6, 6.07) is 15.5. The molecule has 37 heavy (non-hydrogen) atoms. The lowest BCUT2D eigenvalue weighted by Gasteiger charge is -2.16. The highest BCUT2D eigenvalue weighted by Crippen LogP contribution is 2.37. The van der Waals surface area contributed by atoms with Gasteiger partial charge in [-0.05, 0) is 41.8 Å². The summed E-state index contributed by atoms with van der Waals surface area (Å²) in [5.41, 5.74) is 1.73. The quantitative estimate of drug-likeness (QED) is 0.172. The van der Waals surface area contributed by atoms with E-state index in [1.165, 1.54) is 12.1 Å². The summed E-state index contributed by atoms with van der Waals surface area (Å²) in [6.07, 6.45) is 0.398. The minimum absolute atomic E-state index is 0.0303. The number of methoxy groups -OCH3 is 1. The Labute approximate surface area is 214 Å². The van der Waals surface area contributed by atoms with E-state index in [1.807, 2.05) is 24.3 Å². The molecule has 3 rings (SSSR count). The fourth-order valence-electron chi connectivity index (χ4n) is 3.67. The maximum absolute atomic E-state index is 12.4. The molecule has 11 nitrogen and oxygen atoms in total. The Hall–Kier alpha value is -2.99. The van der Waals surface area contributed by atoms with Crippen LogP contribution >= 0.6 is 7.82 Å². The molecule has 0 saturated heterocycles. The van der Waals surface area contributed by atoms with E-state index in [9.17, 15) is 17.8 Å². The first-order valence-electron chi connectivity index (χ1n) is 11.2. The molecule has 0 atom stereocenters. The number of fused-ring (bicyclic) bond motifs is 1. The zero-order valence-electron chi connectivity index (χ0n) is 20.0. The van der Waals surface area contributed by atoms with E-state index in [0.717, 1.165) is 21.9 Å². The molecule has 4 N–H and O–H groups in total. The second kappa shape index (κ2) is 12.5. The number of carboxylic acids is 1. The number of ether oxygens (including phenoxy) is 2. The van der Waals surface area contributed by atoms with Crippen LogP contribution in [-0.2, 0) is 30.3 Å². The average molecular weight is 554 g/mol. The van der Waals surface area contributed by atoms with E-state index in [4.69, 9.17) is 24.4 Å². The molecule has 0 radical (unpaired) electrons. The van der Waals surface area contributed by atoms with Crippen LogP contribution in [0.4, 0.5) is 0 Å². The van der Waals surface area contributed by atoms with Crippen LogP contribution in [0.3, 0.4) is 0 Å². The Morgan fingerprint density at radius 2 is 1.73 bits per heavy atom. The average Bonchev–Trinajstić information content (AvgIpc) is 2.83. The topological polar surface area (TPSA) is 169 Å². The predicted molar refractivity (Wildman–Crippen MR) is 135 cm³/mol. The van der Waals surface area contributed by atoms with Crippen molar-refractivity contribution < 1.29 is 46.7 Å². The smallest absolute Gasteiger partial charge is 0.469 e. The monoisotopic (exact) mass is 553 g/mol. The number of rotatable bonds is 14. The van der Waals surface area contributed by atoms with Crippen LogP contribution in [0.1, 0.15) is 24.0 Å². The minimum Gasteiger partial charge on any atom is -0.496 e. The fourth-order valence-corrected chi connectivity index (χ4v) is 5.07. The summed E-state index contributed by atoms with van der Waals surface area (Å²) in [7, 11) is -6.80. The zero-order chi connectivity index (χ0) is 27.1. The number of phosphoric ester groups is 1. The van der Waals surface area contributed by atoms with Crippen LogP contribution in [0.25, 0.3) is 10.8 Å². The first kappa shape index (κ1) is 28.6. The zero-order valence-corrected chi connectivity index (χ0v) is 21.7. The maximum atomic E-state index is 12.4. The second-order valence-electron chi connectivity index (χ2n) is 7.99. The number of nitrogens with one attached hydrogen (secondary N) is 1. The van der Waals surface area contributed by atoms with Gasteiger partial charge in [-0.1, -0.05) is 30.3 Å². The fraction of sp³-hybridized carbons (Fsp3) is 0.292. The van der Waals surface area contributed by atoms with Crippen LogP contribution in [0, 0.1) is 0 Å². The molecule has 0 aliphatic carbocycles. The van der Waals surface area contributed by atoms with E-state index >= 15 is 0 Å². The van der Waals surface area contributed by atoms with Gasteiger partial charge in [0.2, 0.25) is 10.0 Å². The van der Waals surface area contributed by atoms with Gasteiger partial charge in [-0.3, -0.25) is 9.32 Å². The normalized spacial score (nSPS) is 12.0. The first-order valence-corrected chi connectivity index (χ1v) is 14.2. The molecule has 0 spiro atoms. The predicted octanol–water partition coefficient (Wildman–Crippen LogP) is 3.07. The largest absolute Gasteiger partial charge is 0.496 e. The van der Waals surface area contributed by atoms with Crippen molar-refractivity contribution in [1.29, 1.82) is 0 Å². The molecule has 13 heteroatoms. The van der Waals surface area contributed by atoms with Crippen molar-refractivity contribution in [2.24, 2.45) is 0 Å². The van der Waals surface area contributed by atoms with Crippen LogP contribution in [0.15, 0.2) is 59.5 Å². The van der Waals surface area contributed by atoms with Crippen LogP contribution in [0.5, 0.6) is 11.5 Å². The molecule has 0 aliphatic heterocycles. The molecule has 0 amide bonds. The molecule has 3 aromatic carbocycles. The maximum Gasteiger partial charge on any atom is 0.469 e. The van der Waals surface area contributed by atoms with Crippen molar-refractivity contribution in [1.82, 2.24) is 4.72 Å². The standard InChI is InChI=1S/C24H28NO10PS/c1-33-21-11-8-18(16-17-6-9-19(10-7-17)37(31,32)25-13-12-23(26)27)24-20(21)4-2-5-22(24)34-14-3-15-35-36(28,29)30/h2,4-11,25H,3,12-16H2,1H3,(H,26,27)(H2,28,29,30). The first-order chi connectivity index (χ1) is 17.5. The third kappa shape index (κ3) is 8.26. The van der Waals surface area contributed by atoms with Gasteiger partial charge in [-0.25, -0.2) is 17.7 Å². The van der Waals surface area contributed by atoms with Gasteiger partial charge in [-0.2, -0.15) is 0 Å². The molecule has 200 valence electrons. The lowest BCUT2D eigenvalue weighted by molar-refractivity contribution is -0.136. The number of carbonyl (C=O) groups is 1. The number of phosphoric acid groups is 1. The van der Waals surface area contributed by atoms with Crippen molar-refractivity contribution in [2.75, 3.05) is 26.9 Å². The molecule has 0 fully saturated rings. The SMILES string of the molecule is COc1ccc(Cc2ccc(S(=O)(=O)NCCC(=O)O)cc2)c2c(OCCCOP(=O)(O)O)cccc12. The molecule has 0 unspecified atom stereocenters. The van der Waals surface area contributed by atoms with Gasteiger partial charge in [0, 0.05) is 23.7 Å². The van der Waals surface area contributed by atoms with E-state index in [2.05, 4.69) is 9.25 Å². The van der Waals surface area contributed by atoms with Gasteiger partial charge in [-0.15, -0.1) is 0 Å². The van der Waals surface area contributed by atoms with Crippen molar-refractivity contribution in [3.63, 3.8) is 0 Å². The van der Waals surface area contributed by atoms with E-state index in [-0.39, 0.29) is 37.5 Å². The van der Waals surface area contributed by atoms with Crippen molar-refractivity contribution in [2.45, 2.75) is 24.2 Å². The highest BCUT2D eigenvalue weighted by atomic mass is 32.2. The number of aliphatic carboxylic acids is 1. The van der Waals surface area contributed by atoms with E-state index in [1.54, 1.807) is 25.3 Å². The molecule has 3 aromatic rings. The van der Waals surface area contributed by atoms with Crippen molar-refractivity contribution in [3.05, 3.63) is 65.7 Å². The summed E-state index contributed by atoms with van der Waals surface area (Å²) in [4.78, 5) is 28.3. The number of sulfonamides is 1. The van der Waals surface area contributed by atoms with E-state index < -0.39 is 23.8 Å². The van der Waals surface area contributed by atoms with Gasteiger partial charge in [0.1, 0.15) is 11.5 Å². The Bertz CT molecular complexity index is 1390. The Morgan fingerprint density at radius 3 is 2.38 bits per heavy atom. The van der Waals surface area contributed by atoms with Gasteiger partial charge in [0.05, 0.1) is 31.6 Å². The molecule has 0 aromatic heterocycles. The minimum atomic E-state index is -4.54. The Balaban J connectivity index is 1.81. The van der Waals surface area contributed by atoms with Gasteiger partial charge in [0.15, 0.2) is 0 Å². The van der Waals surface area contributed by atoms with Gasteiger partial charge >= 0.3 is 13.8 Å². The highest BCUT2D eigenvalue weighted by Gasteiger charge is 2.16. The number of hydrogen-bond acceptors (Lipinski definition) is 7. The van der Waals surface area contributed by atoms with E-state index in [0.29, 0.717) is 17.9 Å². The summed E-state index contributed by atoms with van der Waals surface area (Å²) in [5.74, 6) is 0.106. The molecular formula is C24H28NO10PS. The lowest BCUT2D eigenvalue weighted by Crippen LogP contribution is -2.26.